The van der Waals surface area contributed by atoms with E-state index in [2.05, 4.69) is 20.5 Å². The molecular weight excluding hydrogens is 244 g/mol. The van der Waals surface area contributed by atoms with E-state index >= 15 is 0 Å². The van der Waals surface area contributed by atoms with Gasteiger partial charge in [0.15, 0.2) is 5.65 Å². The maximum Gasteiger partial charge on any atom is 0.348 e. The van der Waals surface area contributed by atoms with Crippen LogP contribution in [0, 0.1) is 5.92 Å². The molecule has 2 atom stereocenters. The number of aromatic amines is 1. The van der Waals surface area contributed by atoms with Crippen LogP contribution in [0.15, 0.2) is 17.2 Å². The summed E-state index contributed by atoms with van der Waals surface area (Å²) in [5.41, 5.74) is 6.28. The molecule has 7 heteroatoms. The molecule has 0 aliphatic heterocycles. The van der Waals surface area contributed by atoms with Crippen LogP contribution >= 0.6 is 0 Å². The second-order valence-corrected chi connectivity index (χ2v) is 5.20. The van der Waals surface area contributed by atoms with Gasteiger partial charge >= 0.3 is 5.69 Å². The number of rotatable bonds is 3. The highest BCUT2D eigenvalue weighted by atomic mass is 16.1. The Kier molecular flexibility index (Phi) is 3.20. The van der Waals surface area contributed by atoms with Crippen molar-refractivity contribution in [3.05, 3.63) is 22.9 Å². The Morgan fingerprint density at radius 3 is 3.26 bits per heavy atom. The summed E-state index contributed by atoms with van der Waals surface area (Å²) in [6.45, 7) is 0.867. The van der Waals surface area contributed by atoms with Crippen molar-refractivity contribution in [2.45, 2.75) is 31.7 Å². The highest BCUT2D eigenvalue weighted by Crippen LogP contribution is 2.23. The first-order valence-corrected chi connectivity index (χ1v) is 6.64. The number of nitrogens with two attached hydrogens (primary N) is 1. The van der Waals surface area contributed by atoms with E-state index in [1.54, 1.807) is 6.07 Å². The fraction of sp³-hybridized carbons (Fsp3) is 0.583. The van der Waals surface area contributed by atoms with Crippen molar-refractivity contribution >= 4 is 11.5 Å². The summed E-state index contributed by atoms with van der Waals surface area (Å²) in [6, 6.07) is 2.10. The molecule has 3 rings (SSSR count). The minimum atomic E-state index is -0.271. The van der Waals surface area contributed by atoms with Gasteiger partial charge in [0, 0.05) is 18.7 Å². The van der Waals surface area contributed by atoms with Crippen molar-refractivity contribution in [2.75, 3.05) is 11.9 Å². The van der Waals surface area contributed by atoms with Crippen LogP contribution in [0.5, 0.6) is 0 Å². The lowest BCUT2D eigenvalue weighted by molar-refractivity contribution is 0.335. The van der Waals surface area contributed by atoms with E-state index in [9.17, 15) is 4.79 Å². The Bertz CT molecular complexity index is 618. The van der Waals surface area contributed by atoms with Crippen molar-refractivity contribution in [3.8, 4) is 0 Å². The first-order chi connectivity index (χ1) is 9.22. The third-order valence-corrected chi connectivity index (χ3v) is 3.71. The number of fused-ring (bicyclic) bond motifs is 1. The SMILES string of the molecule is NC1CCCC(CNc2cc3n[nH]c(=O)n3cn2)C1. The molecule has 2 aromatic rings. The van der Waals surface area contributed by atoms with Crippen LogP contribution in [0.25, 0.3) is 5.65 Å². The number of hydrogen-bond acceptors (Lipinski definition) is 5. The minimum Gasteiger partial charge on any atom is -0.370 e. The average Bonchev–Trinajstić information content (AvgIpc) is 2.78. The summed E-state index contributed by atoms with van der Waals surface area (Å²) in [7, 11) is 0. The maximum atomic E-state index is 11.3. The second-order valence-electron chi connectivity index (χ2n) is 5.20. The summed E-state index contributed by atoms with van der Waals surface area (Å²) in [5, 5.41) is 9.60. The normalized spacial score (nSPS) is 23.6. The summed E-state index contributed by atoms with van der Waals surface area (Å²) in [5.74, 6) is 1.34. The summed E-state index contributed by atoms with van der Waals surface area (Å²) in [4.78, 5) is 15.5. The molecule has 102 valence electrons. The molecule has 7 nitrogen and oxygen atoms in total. The number of nitrogens with zero attached hydrogens (tertiary/aromatic N) is 3. The largest absolute Gasteiger partial charge is 0.370 e. The van der Waals surface area contributed by atoms with E-state index < -0.39 is 0 Å². The summed E-state index contributed by atoms with van der Waals surface area (Å²) >= 11 is 0. The number of nitrogens with one attached hydrogen (secondary N) is 2. The molecule has 2 unspecified atom stereocenters. The van der Waals surface area contributed by atoms with Gasteiger partial charge in [-0.1, -0.05) is 6.42 Å². The van der Waals surface area contributed by atoms with Crippen LogP contribution in [0.4, 0.5) is 5.82 Å². The van der Waals surface area contributed by atoms with Gasteiger partial charge in [0.05, 0.1) is 0 Å². The van der Waals surface area contributed by atoms with Crippen LogP contribution < -0.4 is 16.7 Å². The van der Waals surface area contributed by atoms with Crippen molar-refractivity contribution < 1.29 is 0 Å². The third kappa shape index (κ3) is 2.60. The first kappa shape index (κ1) is 12.2. The van der Waals surface area contributed by atoms with E-state index in [0.29, 0.717) is 17.6 Å². The highest BCUT2D eigenvalue weighted by molar-refractivity contribution is 5.48. The quantitative estimate of drug-likeness (QED) is 0.740. The molecule has 0 spiro atoms. The molecule has 0 radical (unpaired) electrons. The van der Waals surface area contributed by atoms with Crippen molar-refractivity contribution in [3.63, 3.8) is 0 Å². The van der Waals surface area contributed by atoms with E-state index in [1.807, 2.05) is 0 Å². The van der Waals surface area contributed by atoms with Gasteiger partial charge in [-0.25, -0.2) is 19.3 Å². The van der Waals surface area contributed by atoms with Crippen LogP contribution in [0.2, 0.25) is 0 Å². The molecule has 1 fully saturated rings. The monoisotopic (exact) mass is 262 g/mol. The van der Waals surface area contributed by atoms with E-state index in [1.165, 1.54) is 23.6 Å². The lowest BCUT2D eigenvalue weighted by Gasteiger charge is -2.26. The zero-order chi connectivity index (χ0) is 13.2. The van der Waals surface area contributed by atoms with Crippen LogP contribution in [-0.2, 0) is 0 Å². The highest BCUT2D eigenvalue weighted by Gasteiger charge is 2.18. The van der Waals surface area contributed by atoms with Gasteiger partial charge in [0.1, 0.15) is 12.1 Å². The molecule has 0 aromatic carbocycles. The molecule has 0 bridgehead atoms. The average molecular weight is 262 g/mol. The third-order valence-electron chi connectivity index (χ3n) is 3.71. The van der Waals surface area contributed by atoms with Crippen molar-refractivity contribution in [1.82, 2.24) is 19.6 Å². The fourth-order valence-electron chi connectivity index (χ4n) is 2.67. The first-order valence-electron chi connectivity index (χ1n) is 6.64. The Morgan fingerprint density at radius 2 is 2.42 bits per heavy atom. The Hall–Kier alpha value is -1.89. The van der Waals surface area contributed by atoms with Crippen LogP contribution in [-0.4, -0.2) is 32.2 Å². The lowest BCUT2D eigenvalue weighted by Crippen LogP contribution is -2.31. The van der Waals surface area contributed by atoms with Gasteiger partial charge in [-0.15, -0.1) is 0 Å². The zero-order valence-electron chi connectivity index (χ0n) is 10.7. The molecular formula is C12H18N6O. The standard InChI is InChI=1S/C12H18N6O/c13-9-3-1-2-8(4-9)6-14-10-5-11-16-17-12(19)18(11)7-15-10/h5,7-9,14H,1-4,6,13H2,(H,17,19). The van der Waals surface area contributed by atoms with Crippen LogP contribution in [0.1, 0.15) is 25.7 Å². The summed E-state index contributed by atoms with van der Waals surface area (Å²) < 4.78 is 1.38. The molecule has 1 saturated carbocycles. The number of anilines is 1. The van der Waals surface area contributed by atoms with Gasteiger partial charge in [0.25, 0.3) is 0 Å². The zero-order valence-corrected chi connectivity index (χ0v) is 10.7. The predicted octanol–water partition coefficient (Wildman–Crippen LogP) is 0.347. The Morgan fingerprint density at radius 1 is 1.53 bits per heavy atom. The molecule has 1 aliphatic carbocycles. The van der Waals surface area contributed by atoms with Crippen molar-refractivity contribution in [1.29, 1.82) is 0 Å². The molecule has 2 heterocycles. The number of H-pyrrole nitrogens is 1. The van der Waals surface area contributed by atoms with Gasteiger partial charge in [-0.2, -0.15) is 5.10 Å². The molecule has 1 aliphatic rings. The topological polar surface area (TPSA) is 101 Å². The lowest BCUT2D eigenvalue weighted by atomic mass is 9.86. The van der Waals surface area contributed by atoms with Crippen LogP contribution in [0.3, 0.4) is 0 Å². The van der Waals surface area contributed by atoms with E-state index in [0.717, 1.165) is 25.2 Å². The minimum absolute atomic E-state index is 0.271. The smallest absolute Gasteiger partial charge is 0.348 e. The second kappa shape index (κ2) is 5.00. The number of aromatic nitrogens is 4. The fourth-order valence-corrected chi connectivity index (χ4v) is 2.67. The molecule has 19 heavy (non-hydrogen) atoms. The maximum absolute atomic E-state index is 11.3. The Balaban J connectivity index is 1.66. The van der Waals surface area contributed by atoms with Gasteiger partial charge in [-0.3, -0.25) is 0 Å². The van der Waals surface area contributed by atoms with Gasteiger partial charge in [0.2, 0.25) is 0 Å². The molecule has 0 saturated heterocycles. The summed E-state index contributed by atoms with van der Waals surface area (Å²) in [6.07, 6.45) is 6.10. The van der Waals surface area contributed by atoms with E-state index in [4.69, 9.17) is 5.73 Å². The van der Waals surface area contributed by atoms with E-state index in [-0.39, 0.29) is 5.69 Å². The predicted molar refractivity (Wildman–Crippen MR) is 72.0 cm³/mol. The number of hydrogen-bond donors (Lipinski definition) is 3. The van der Waals surface area contributed by atoms with Gasteiger partial charge in [-0.05, 0) is 25.2 Å². The Labute approximate surface area is 110 Å². The molecule has 4 N–H and O–H groups in total. The van der Waals surface area contributed by atoms with Crippen molar-refractivity contribution in [2.24, 2.45) is 11.7 Å². The molecule has 0 amide bonds. The molecule has 2 aromatic heterocycles. The van der Waals surface area contributed by atoms with Gasteiger partial charge < -0.3 is 11.1 Å².